The minimum Gasteiger partial charge on any atom is -0.342 e. The molecular weight excluding hydrogens is 179 g/mol. The maximum Gasteiger partial charge on any atom is 0.125 e. The van der Waals surface area contributed by atoms with Crippen LogP contribution in [0.2, 0.25) is 0 Å². The molecule has 1 heterocycles. The fraction of sp³-hybridized carbons (Fsp3) is 0.364. The van der Waals surface area contributed by atoms with Crippen LogP contribution in [0.5, 0.6) is 0 Å². The lowest BCUT2D eigenvalue weighted by Gasteiger charge is -1.86. The van der Waals surface area contributed by atoms with Crippen molar-refractivity contribution in [3.05, 3.63) is 29.8 Å². The molecule has 2 aromatic rings. The zero-order chi connectivity index (χ0) is 10.6. The lowest BCUT2D eigenvalue weighted by molar-refractivity contribution is 0.629. The lowest BCUT2D eigenvalue weighted by Crippen LogP contribution is -1.72. The number of hydrogen-bond acceptors (Lipinski definition) is 1. The zero-order valence-corrected chi connectivity index (χ0v) is 8.76. The van der Waals surface area contributed by atoms with Crippen molar-refractivity contribution in [2.45, 2.75) is 27.2 Å². The van der Waals surface area contributed by atoms with E-state index in [1.54, 1.807) is 6.07 Å². The first kappa shape index (κ1) is 10.7. The Labute approximate surface area is 83.2 Å². The molecular formula is C11H15FN2. The molecule has 2 rings (SSSR count). The van der Waals surface area contributed by atoms with Gasteiger partial charge in [-0.25, -0.2) is 9.37 Å². The number of halogens is 1. The van der Waals surface area contributed by atoms with Gasteiger partial charge in [0, 0.05) is 0 Å². The molecule has 1 aromatic heterocycles. The van der Waals surface area contributed by atoms with Gasteiger partial charge in [0.25, 0.3) is 0 Å². The Balaban J connectivity index is 0.000000293. The molecule has 0 radical (unpaired) electrons. The van der Waals surface area contributed by atoms with Gasteiger partial charge in [0.15, 0.2) is 0 Å². The van der Waals surface area contributed by atoms with E-state index in [4.69, 9.17) is 0 Å². The Hall–Kier alpha value is -1.38. The Morgan fingerprint density at radius 2 is 2.00 bits per heavy atom. The summed E-state index contributed by atoms with van der Waals surface area (Å²) in [6.07, 6.45) is 1.25. The normalized spacial score (nSPS) is 9.71. The van der Waals surface area contributed by atoms with E-state index >= 15 is 0 Å². The molecule has 0 amide bonds. The summed E-state index contributed by atoms with van der Waals surface area (Å²) in [5, 5.41) is 0. The fourth-order valence-corrected chi connectivity index (χ4v) is 1.11. The van der Waals surface area contributed by atoms with Crippen LogP contribution >= 0.6 is 0 Å². The average Bonchev–Trinajstić information content (AvgIpc) is 2.45. The quantitative estimate of drug-likeness (QED) is 0.683. The maximum absolute atomic E-state index is 12.6. The lowest BCUT2D eigenvalue weighted by atomic mass is 10.3. The summed E-state index contributed by atoms with van der Waals surface area (Å²) in [4.78, 5) is 7.08. The van der Waals surface area contributed by atoms with E-state index in [-0.39, 0.29) is 5.82 Å². The number of nitrogens with zero attached hydrogens (tertiary/aromatic N) is 1. The predicted molar refractivity (Wildman–Crippen MR) is 56.8 cm³/mol. The van der Waals surface area contributed by atoms with Gasteiger partial charge in [-0.05, 0) is 25.1 Å². The molecule has 3 heteroatoms. The smallest absolute Gasteiger partial charge is 0.125 e. The third kappa shape index (κ3) is 2.55. The Morgan fingerprint density at radius 1 is 1.36 bits per heavy atom. The minimum absolute atomic E-state index is 0.235. The van der Waals surface area contributed by atoms with Crippen LogP contribution in [-0.4, -0.2) is 9.97 Å². The minimum atomic E-state index is -0.235. The Morgan fingerprint density at radius 3 is 2.64 bits per heavy atom. The van der Waals surface area contributed by atoms with E-state index in [1.807, 2.05) is 6.92 Å². The summed E-state index contributed by atoms with van der Waals surface area (Å²) in [6, 6.07) is 4.51. The van der Waals surface area contributed by atoms with E-state index < -0.39 is 0 Å². The average molecular weight is 194 g/mol. The van der Waals surface area contributed by atoms with E-state index in [9.17, 15) is 4.39 Å². The van der Waals surface area contributed by atoms with E-state index in [0.717, 1.165) is 16.9 Å². The number of aromatic amines is 1. The van der Waals surface area contributed by atoms with Crippen LogP contribution in [0.4, 0.5) is 4.39 Å². The van der Waals surface area contributed by atoms with Crippen LogP contribution in [-0.2, 0) is 0 Å². The molecule has 0 spiro atoms. The van der Waals surface area contributed by atoms with Crippen molar-refractivity contribution in [2.75, 3.05) is 0 Å². The van der Waals surface area contributed by atoms with Crippen molar-refractivity contribution in [1.29, 1.82) is 0 Å². The van der Waals surface area contributed by atoms with Crippen molar-refractivity contribution in [3.63, 3.8) is 0 Å². The summed E-state index contributed by atoms with van der Waals surface area (Å²) < 4.78 is 12.6. The summed E-state index contributed by atoms with van der Waals surface area (Å²) in [5.41, 5.74) is 1.56. The number of fused-ring (bicyclic) bond motifs is 1. The molecule has 0 bridgehead atoms. The molecule has 1 N–H and O–H groups in total. The Bertz CT molecular complexity index is 407. The van der Waals surface area contributed by atoms with Crippen LogP contribution in [0.25, 0.3) is 11.0 Å². The van der Waals surface area contributed by atoms with Gasteiger partial charge < -0.3 is 4.98 Å². The van der Waals surface area contributed by atoms with Crippen molar-refractivity contribution < 1.29 is 4.39 Å². The summed E-state index contributed by atoms with van der Waals surface area (Å²) in [6.45, 7) is 6.10. The first-order valence-electron chi connectivity index (χ1n) is 4.79. The fourth-order valence-electron chi connectivity index (χ4n) is 1.11. The summed E-state index contributed by atoms with van der Waals surface area (Å²) in [7, 11) is 0. The highest BCUT2D eigenvalue weighted by molar-refractivity contribution is 5.74. The van der Waals surface area contributed by atoms with Crippen molar-refractivity contribution >= 4 is 11.0 Å². The van der Waals surface area contributed by atoms with Gasteiger partial charge in [0.2, 0.25) is 0 Å². The highest BCUT2D eigenvalue weighted by Crippen LogP contribution is 2.11. The number of nitrogens with one attached hydrogen (secondary N) is 1. The van der Waals surface area contributed by atoms with Crippen molar-refractivity contribution in [2.24, 2.45) is 0 Å². The zero-order valence-electron chi connectivity index (χ0n) is 8.76. The number of benzene rings is 1. The number of aryl methyl sites for hydroxylation is 1. The van der Waals surface area contributed by atoms with Gasteiger partial charge >= 0.3 is 0 Å². The molecule has 2 nitrogen and oxygen atoms in total. The van der Waals surface area contributed by atoms with Gasteiger partial charge in [0.1, 0.15) is 11.6 Å². The van der Waals surface area contributed by atoms with E-state index in [2.05, 4.69) is 23.8 Å². The molecule has 0 atom stereocenters. The number of hydrogen-bond donors (Lipinski definition) is 1. The van der Waals surface area contributed by atoms with Crippen LogP contribution < -0.4 is 0 Å². The highest BCUT2D eigenvalue weighted by atomic mass is 19.1. The molecule has 0 aliphatic heterocycles. The SMILES string of the molecule is CCC.Cc1nc2ccc(F)cc2[nH]1. The van der Waals surface area contributed by atoms with Gasteiger partial charge in [0.05, 0.1) is 11.0 Å². The first-order chi connectivity index (χ1) is 6.67. The van der Waals surface area contributed by atoms with Gasteiger partial charge in [-0.15, -0.1) is 0 Å². The van der Waals surface area contributed by atoms with Gasteiger partial charge in [-0.3, -0.25) is 0 Å². The third-order valence-electron chi connectivity index (χ3n) is 1.56. The second-order valence-electron chi connectivity index (χ2n) is 3.19. The van der Waals surface area contributed by atoms with Gasteiger partial charge in [-0.1, -0.05) is 20.3 Å². The number of rotatable bonds is 0. The molecule has 76 valence electrons. The third-order valence-corrected chi connectivity index (χ3v) is 1.56. The standard InChI is InChI=1S/C8H7FN2.C3H8/c1-5-10-7-3-2-6(9)4-8(7)11-5;1-3-2/h2-4H,1H3,(H,10,11);3H2,1-2H3. The van der Waals surface area contributed by atoms with Gasteiger partial charge in [-0.2, -0.15) is 0 Å². The van der Waals surface area contributed by atoms with Crippen LogP contribution in [0, 0.1) is 12.7 Å². The second kappa shape index (κ2) is 4.74. The van der Waals surface area contributed by atoms with Crippen molar-refractivity contribution in [1.82, 2.24) is 9.97 Å². The number of H-pyrrole nitrogens is 1. The van der Waals surface area contributed by atoms with Crippen LogP contribution in [0.1, 0.15) is 26.1 Å². The largest absolute Gasteiger partial charge is 0.342 e. The van der Waals surface area contributed by atoms with Crippen LogP contribution in [0.15, 0.2) is 18.2 Å². The molecule has 14 heavy (non-hydrogen) atoms. The van der Waals surface area contributed by atoms with Crippen LogP contribution in [0.3, 0.4) is 0 Å². The molecule has 0 saturated carbocycles. The van der Waals surface area contributed by atoms with E-state index in [1.165, 1.54) is 18.6 Å². The molecule has 0 fully saturated rings. The second-order valence-corrected chi connectivity index (χ2v) is 3.19. The monoisotopic (exact) mass is 194 g/mol. The molecule has 1 aromatic carbocycles. The van der Waals surface area contributed by atoms with Crippen molar-refractivity contribution in [3.8, 4) is 0 Å². The Kier molecular flexibility index (Phi) is 3.63. The molecule has 0 aliphatic rings. The topological polar surface area (TPSA) is 28.7 Å². The molecule has 0 saturated heterocycles. The predicted octanol–water partition coefficient (Wildman–Crippen LogP) is 3.43. The summed E-state index contributed by atoms with van der Waals surface area (Å²) in [5.74, 6) is 0.576. The molecule has 0 unspecified atom stereocenters. The molecule has 0 aliphatic carbocycles. The maximum atomic E-state index is 12.6. The van der Waals surface area contributed by atoms with E-state index in [0.29, 0.717) is 0 Å². The first-order valence-corrected chi connectivity index (χ1v) is 4.79. The highest BCUT2D eigenvalue weighted by Gasteiger charge is 1.98. The summed E-state index contributed by atoms with van der Waals surface area (Å²) >= 11 is 0. The number of aromatic nitrogens is 2. The number of imidazole rings is 1.